The maximum atomic E-state index is 11.9. The van der Waals surface area contributed by atoms with E-state index in [1.165, 1.54) is 0 Å². The minimum Gasteiger partial charge on any atom is -0.266 e. The van der Waals surface area contributed by atoms with E-state index < -0.39 is 0 Å². The van der Waals surface area contributed by atoms with Crippen molar-refractivity contribution in [2.45, 2.75) is 0 Å². The van der Waals surface area contributed by atoms with Crippen LogP contribution in [0.2, 0.25) is 0 Å². The lowest BCUT2D eigenvalue weighted by Crippen LogP contribution is -2.18. The number of nitrogens with zero attached hydrogens (tertiary/aromatic N) is 2. The smallest absolute Gasteiger partial charge is 0.266 e. The van der Waals surface area contributed by atoms with Crippen LogP contribution in [0.1, 0.15) is 16.1 Å². The van der Waals surface area contributed by atoms with E-state index in [-0.39, 0.29) is 5.91 Å². The maximum Gasteiger partial charge on any atom is 0.289 e. The molecule has 1 aromatic carbocycles. The number of aromatic nitrogens is 1. The number of para-hydroxylation sites is 1. The average molecular weight is 281 g/mol. The molecule has 1 amide bonds. The standard InChI is InChI=1S/C15H11N3OS/c19-15(18-16-9-11-7-8-20-10-11)14-6-5-12-3-1-2-4-13(12)17-14/h1-10H,(H,18,19)/b16-9+. The molecule has 2 aromatic heterocycles. The second kappa shape index (κ2) is 5.63. The van der Waals surface area contributed by atoms with E-state index in [2.05, 4.69) is 15.5 Å². The fourth-order valence-electron chi connectivity index (χ4n) is 1.76. The van der Waals surface area contributed by atoms with E-state index in [0.29, 0.717) is 5.69 Å². The Morgan fingerprint density at radius 3 is 2.95 bits per heavy atom. The molecule has 0 aliphatic carbocycles. The van der Waals surface area contributed by atoms with Crippen LogP contribution in [0, 0.1) is 0 Å². The Morgan fingerprint density at radius 1 is 1.20 bits per heavy atom. The van der Waals surface area contributed by atoms with E-state index in [4.69, 9.17) is 0 Å². The van der Waals surface area contributed by atoms with Gasteiger partial charge >= 0.3 is 0 Å². The van der Waals surface area contributed by atoms with Crippen molar-refractivity contribution in [3.8, 4) is 0 Å². The number of carbonyl (C=O) groups excluding carboxylic acids is 1. The van der Waals surface area contributed by atoms with Crippen LogP contribution >= 0.6 is 11.3 Å². The summed E-state index contributed by atoms with van der Waals surface area (Å²) in [6.45, 7) is 0. The highest BCUT2D eigenvalue weighted by Gasteiger charge is 2.06. The van der Waals surface area contributed by atoms with Gasteiger partial charge in [0.1, 0.15) is 5.69 Å². The Bertz CT molecular complexity index is 766. The largest absolute Gasteiger partial charge is 0.289 e. The van der Waals surface area contributed by atoms with Crippen LogP contribution < -0.4 is 5.43 Å². The maximum absolute atomic E-state index is 11.9. The van der Waals surface area contributed by atoms with Gasteiger partial charge in [-0.1, -0.05) is 24.3 Å². The molecule has 4 nitrogen and oxygen atoms in total. The second-order valence-electron chi connectivity index (χ2n) is 4.15. The number of fused-ring (bicyclic) bond motifs is 1. The number of thiophene rings is 1. The Hall–Kier alpha value is -2.53. The normalized spacial score (nSPS) is 11.0. The summed E-state index contributed by atoms with van der Waals surface area (Å²) in [5.74, 6) is -0.317. The average Bonchev–Trinajstić information content (AvgIpc) is 3.00. The molecule has 2 heterocycles. The van der Waals surface area contributed by atoms with Crippen molar-refractivity contribution < 1.29 is 4.79 Å². The number of hydrogen-bond acceptors (Lipinski definition) is 4. The second-order valence-corrected chi connectivity index (χ2v) is 4.93. The molecule has 0 saturated heterocycles. The summed E-state index contributed by atoms with van der Waals surface area (Å²) in [7, 11) is 0. The zero-order valence-corrected chi connectivity index (χ0v) is 11.3. The molecule has 0 atom stereocenters. The van der Waals surface area contributed by atoms with Crippen molar-refractivity contribution >= 4 is 34.4 Å². The first-order valence-electron chi connectivity index (χ1n) is 6.04. The molecule has 5 heteroatoms. The van der Waals surface area contributed by atoms with Gasteiger partial charge in [0.15, 0.2) is 0 Å². The Kier molecular flexibility index (Phi) is 3.52. The lowest BCUT2D eigenvalue weighted by Gasteiger charge is -2.01. The lowest BCUT2D eigenvalue weighted by atomic mass is 10.2. The molecule has 20 heavy (non-hydrogen) atoms. The molecule has 0 fully saturated rings. The van der Waals surface area contributed by atoms with Crippen LogP contribution in [0.4, 0.5) is 0 Å². The third-order valence-electron chi connectivity index (χ3n) is 2.75. The summed E-state index contributed by atoms with van der Waals surface area (Å²) < 4.78 is 0. The van der Waals surface area contributed by atoms with Crippen molar-refractivity contribution in [1.29, 1.82) is 0 Å². The highest BCUT2D eigenvalue weighted by molar-refractivity contribution is 7.08. The molecule has 0 spiro atoms. The molecule has 0 unspecified atom stereocenters. The van der Waals surface area contributed by atoms with Gasteiger partial charge in [-0.15, -0.1) is 0 Å². The summed E-state index contributed by atoms with van der Waals surface area (Å²) in [5, 5.41) is 8.82. The molecule has 0 aliphatic heterocycles. The first-order chi connectivity index (χ1) is 9.83. The van der Waals surface area contributed by atoms with E-state index in [1.54, 1.807) is 23.6 Å². The van der Waals surface area contributed by atoms with Gasteiger partial charge in [-0.3, -0.25) is 4.79 Å². The molecular weight excluding hydrogens is 270 g/mol. The quantitative estimate of drug-likeness (QED) is 0.592. The molecule has 0 aliphatic rings. The van der Waals surface area contributed by atoms with Crippen molar-refractivity contribution in [1.82, 2.24) is 10.4 Å². The van der Waals surface area contributed by atoms with E-state index >= 15 is 0 Å². The predicted octanol–water partition coefficient (Wildman–Crippen LogP) is 3.06. The highest BCUT2D eigenvalue weighted by Crippen LogP contribution is 2.11. The fraction of sp³-hybridized carbons (Fsp3) is 0. The number of hydrogen-bond donors (Lipinski definition) is 1. The number of rotatable bonds is 3. The minimum atomic E-state index is -0.317. The van der Waals surface area contributed by atoms with Crippen LogP contribution in [0.3, 0.4) is 0 Å². The zero-order chi connectivity index (χ0) is 13.8. The topological polar surface area (TPSA) is 54.4 Å². The van der Waals surface area contributed by atoms with E-state index in [0.717, 1.165) is 16.5 Å². The molecule has 3 aromatic rings. The fourth-order valence-corrected chi connectivity index (χ4v) is 2.37. The van der Waals surface area contributed by atoms with Crippen molar-refractivity contribution in [2.24, 2.45) is 5.10 Å². The van der Waals surface area contributed by atoms with Crippen molar-refractivity contribution in [2.75, 3.05) is 0 Å². The predicted molar refractivity (Wildman–Crippen MR) is 81.1 cm³/mol. The third-order valence-corrected chi connectivity index (χ3v) is 3.46. The number of hydrazone groups is 1. The van der Waals surface area contributed by atoms with Gasteiger partial charge in [0.25, 0.3) is 5.91 Å². The molecule has 98 valence electrons. The van der Waals surface area contributed by atoms with Gasteiger partial charge < -0.3 is 0 Å². The first kappa shape index (κ1) is 12.5. The molecule has 3 rings (SSSR count). The lowest BCUT2D eigenvalue weighted by molar-refractivity contribution is 0.0950. The van der Waals surface area contributed by atoms with Gasteiger partial charge in [-0.2, -0.15) is 16.4 Å². The highest BCUT2D eigenvalue weighted by atomic mass is 32.1. The van der Waals surface area contributed by atoms with E-state index in [1.807, 2.05) is 47.2 Å². The molecule has 0 radical (unpaired) electrons. The monoisotopic (exact) mass is 281 g/mol. The van der Waals surface area contributed by atoms with E-state index in [9.17, 15) is 4.79 Å². The Balaban J connectivity index is 1.75. The molecule has 0 saturated carbocycles. The Morgan fingerprint density at radius 2 is 2.10 bits per heavy atom. The number of benzene rings is 1. The number of amides is 1. The van der Waals surface area contributed by atoms with Gasteiger partial charge in [-0.25, -0.2) is 10.4 Å². The summed E-state index contributed by atoms with van der Waals surface area (Å²) in [4.78, 5) is 16.2. The van der Waals surface area contributed by atoms with Crippen LogP contribution in [0.15, 0.2) is 58.3 Å². The summed E-state index contributed by atoms with van der Waals surface area (Å²) in [6.07, 6.45) is 1.61. The third kappa shape index (κ3) is 2.73. The number of carbonyl (C=O) groups is 1. The van der Waals surface area contributed by atoms with Crippen molar-refractivity contribution in [3.63, 3.8) is 0 Å². The number of nitrogens with one attached hydrogen (secondary N) is 1. The SMILES string of the molecule is O=C(N/N=C/c1ccsc1)c1ccc2ccccc2n1. The molecule has 0 bridgehead atoms. The van der Waals surface area contributed by atoms with Crippen molar-refractivity contribution in [3.05, 3.63) is 64.5 Å². The van der Waals surface area contributed by atoms with Crippen LogP contribution in [-0.2, 0) is 0 Å². The van der Waals surface area contributed by atoms with Crippen LogP contribution in [-0.4, -0.2) is 17.1 Å². The first-order valence-corrected chi connectivity index (χ1v) is 6.98. The zero-order valence-electron chi connectivity index (χ0n) is 10.5. The molecular formula is C15H11N3OS. The van der Waals surface area contributed by atoms with Gasteiger partial charge in [0.2, 0.25) is 0 Å². The van der Waals surface area contributed by atoms with Gasteiger partial charge in [0.05, 0.1) is 11.7 Å². The minimum absolute atomic E-state index is 0.317. The summed E-state index contributed by atoms with van der Waals surface area (Å²) in [6, 6.07) is 13.2. The van der Waals surface area contributed by atoms with Gasteiger partial charge in [-0.05, 0) is 29.0 Å². The summed E-state index contributed by atoms with van der Waals surface area (Å²) in [5.41, 5.74) is 4.58. The molecule has 1 N–H and O–H groups in total. The summed E-state index contributed by atoms with van der Waals surface area (Å²) >= 11 is 1.58. The van der Waals surface area contributed by atoms with Gasteiger partial charge in [0, 0.05) is 10.9 Å². The van der Waals surface area contributed by atoms with Crippen LogP contribution in [0.5, 0.6) is 0 Å². The van der Waals surface area contributed by atoms with Crippen LogP contribution in [0.25, 0.3) is 10.9 Å². The number of pyridine rings is 1. The Labute approximate surface area is 119 Å².